The molecule has 0 saturated carbocycles. The van der Waals surface area contributed by atoms with Gasteiger partial charge in [0, 0.05) is 64.3 Å². The summed E-state index contributed by atoms with van der Waals surface area (Å²) in [4.78, 5) is 17.4. The summed E-state index contributed by atoms with van der Waals surface area (Å²) >= 11 is 0. The molecule has 2 aliphatic heterocycles. The molecule has 8 nitrogen and oxygen atoms in total. The standard InChI is InChI=1S/C22H30N4O4S/c1-23-17-20(31(28,29)26-9-4-3-5-10-26)16-21(23)22(27)25-13-11-24(12-14-25)18-7-6-8-19(15-18)30-2/h6-8,15-17H,3-5,9-14H2,1-2H3. The first-order valence-corrected chi connectivity index (χ1v) is 12.2. The van der Waals surface area contributed by atoms with Crippen LogP contribution in [0.25, 0.3) is 0 Å². The van der Waals surface area contributed by atoms with Gasteiger partial charge in [0.1, 0.15) is 16.3 Å². The SMILES string of the molecule is COc1cccc(N2CCN(C(=O)c3cc(S(=O)(=O)N4CCCCC4)cn3C)CC2)c1. The lowest BCUT2D eigenvalue weighted by Crippen LogP contribution is -2.49. The molecule has 0 N–H and O–H groups in total. The maximum Gasteiger partial charge on any atom is 0.270 e. The minimum atomic E-state index is -3.56. The Morgan fingerprint density at radius 2 is 1.68 bits per heavy atom. The van der Waals surface area contributed by atoms with E-state index in [1.165, 1.54) is 10.4 Å². The highest BCUT2D eigenvalue weighted by Crippen LogP contribution is 2.25. The number of amides is 1. The number of benzene rings is 1. The summed E-state index contributed by atoms with van der Waals surface area (Å²) in [6.07, 6.45) is 4.39. The maximum atomic E-state index is 13.1. The lowest BCUT2D eigenvalue weighted by atomic mass is 10.2. The molecule has 2 aliphatic rings. The summed E-state index contributed by atoms with van der Waals surface area (Å²) in [5.74, 6) is 0.676. The van der Waals surface area contributed by atoms with Gasteiger partial charge in [-0.25, -0.2) is 8.42 Å². The second-order valence-corrected chi connectivity index (χ2v) is 10.1. The average Bonchev–Trinajstić information content (AvgIpc) is 3.21. The Kier molecular flexibility index (Phi) is 6.24. The van der Waals surface area contributed by atoms with Crippen LogP contribution in [0.4, 0.5) is 5.69 Å². The van der Waals surface area contributed by atoms with Crippen molar-refractivity contribution in [3.8, 4) is 5.75 Å². The van der Waals surface area contributed by atoms with Crippen LogP contribution in [0.5, 0.6) is 5.75 Å². The van der Waals surface area contributed by atoms with E-state index >= 15 is 0 Å². The van der Waals surface area contributed by atoms with E-state index in [0.717, 1.165) is 30.7 Å². The summed E-state index contributed by atoms with van der Waals surface area (Å²) in [6, 6.07) is 9.43. The smallest absolute Gasteiger partial charge is 0.270 e. The molecule has 168 valence electrons. The van der Waals surface area contributed by atoms with Crippen molar-refractivity contribution in [2.45, 2.75) is 24.2 Å². The van der Waals surface area contributed by atoms with Gasteiger partial charge in [-0.2, -0.15) is 4.31 Å². The molecule has 4 rings (SSSR count). The van der Waals surface area contributed by atoms with Crippen LogP contribution in [0.2, 0.25) is 0 Å². The van der Waals surface area contributed by atoms with Crippen molar-refractivity contribution in [1.29, 1.82) is 0 Å². The molecule has 2 aromatic rings. The number of carbonyl (C=O) groups excluding carboxylic acids is 1. The van der Waals surface area contributed by atoms with Gasteiger partial charge in [0.2, 0.25) is 10.0 Å². The Bertz CT molecular complexity index is 1040. The Labute approximate surface area is 184 Å². The molecule has 2 saturated heterocycles. The zero-order valence-electron chi connectivity index (χ0n) is 18.2. The number of hydrogen-bond donors (Lipinski definition) is 0. The van der Waals surface area contributed by atoms with E-state index in [9.17, 15) is 13.2 Å². The van der Waals surface area contributed by atoms with Crippen molar-refractivity contribution in [1.82, 2.24) is 13.8 Å². The van der Waals surface area contributed by atoms with E-state index in [1.807, 2.05) is 24.3 Å². The van der Waals surface area contributed by atoms with Gasteiger partial charge in [-0.1, -0.05) is 12.5 Å². The van der Waals surface area contributed by atoms with Gasteiger partial charge in [-0.15, -0.1) is 0 Å². The number of sulfonamides is 1. The number of nitrogens with zero attached hydrogens (tertiary/aromatic N) is 4. The molecule has 31 heavy (non-hydrogen) atoms. The van der Waals surface area contributed by atoms with Gasteiger partial charge >= 0.3 is 0 Å². The number of aryl methyl sites for hydroxylation is 1. The molecular formula is C22H30N4O4S. The number of methoxy groups -OCH3 is 1. The van der Waals surface area contributed by atoms with Crippen molar-refractivity contribution >= 4 is 21.6 Å². The van der Waals surface area contributed by atoms with Gasteiger partial charge in [0.25, 0.3) is 5.91 Å². The average molecular weight is 447 g/mol. The largest absolute Gasteiger partial charge is 0.497 e. The van der Waals surface area contributed by atoms with E-state index in [2.05, 4.69) is 4.90 Å². The second-order valence-electron chi connectivity index (χ2n) is 8.12. The van der Waals surface area contributed by atoms with Gasteiger partial charge < -0.3 is 19.1 Å². The predicted molar refractivity (Wildman–Crippen MR) is 119 cm³/mol. The van der Waals surface area contributed by atoms with Gasteiger partial charge in [0.15, 0.2) is 0 Å². The van der Waals surface area contributed by atoms with Gasteiger partial charge in [-0.3, -0.25) is 4.79 Å². The molecule has 2 fully saturated rings. The molecule has 0 spiro atoms. The minimum absolute atomic E-state index is 0.132. The third-order valence-corrected chi connectivity index (χ3v) is 8.00. The number of anilines is 1. The van der Waals surface area contributed by atoms with Crippen molar-refractivity contribution < 1.29 is 17.9 Å². The summed E-state index contributed by atoms with van der Waals surface area (Å²) in [5, 5.41) is 0. The van der Waals surface area contributed by atoms with Crippen LogP contribution in [-0.2, 0) is 17.1 Å². The number of piperidine rings is 1. The number of rotatable bonds is 5. The molecule has 0 atom stereocenters. The van der Waals surface area contributed by atoms with Gasteiger partial charge in [-0.05, 0) is 31.0 Å². The van der Waals surface area contributed by atoms with E-state index in [-0.39, 0.29) is 10.8 Å². The van der Waals surface area contributed by atoms with Crippen LogP contribution in [0.1, 0.15) is 29.8 Å². The monoisotopic (exact) mass is 446 g/mol. The molecule has 1 amide bonds. The summed E-state index contributed by atoms with van der Waals surface area (Å²) in [5.41, 5.74) is 1.48. The zero-order chi connectivity index (χ0) is 22.0. The van der Waals surface area contributed by atoms with Crippen LogP contribution in [0, 0.1) is 0 Å². The Morgan fingerprint density at radius 1 is 0.968 bits per heavy atom. The van der Waals surface area contributed by atoms with Crippen LogP contribution in [0.15, 0.2) is 41.4 Å². The third kappa shape index (κ3) is 4.43. The minimum Gasteiger partial charge on any atom is -0.497 e. The van der Waals surface area contributed by atoms with Gasteiger partial charge in [0.05, 0.1) is 7.11 Å². The van der Waals surface area contributed by atoms with E-state index in [1.54, 1.807) is 29.8 Å². The van der Waals surface area contributed by atoms with Crippen LogP contribution >= 0.6 is 0 Å². The van der Waals surface area contributed by atoms with Crippen molar-refractivity contribution in [2.75, 3.05) is 51.3 Å². The first kappa shape index (κ1) is 21.7. The van der Waals surface area contributed by atoms with E-state index < -0.39 is 10.0 Å². The summed E-state index contributed by atoms with van der Waals surface area (Å²) < 4.78 is 34.4. The maximum absolute atomic E-state index is 13.1. The fraction of sp³-hybridized carbons (Fsp3) is 0.500. The van der Waals surface area contributed by atoms with E-state index in [0.29, 0.717) is 45.0 Å². The normalized spacial score (nSPS) is 18.3. The molecular weight excluding hydrogens is 416 g/mol. The van der Waals surface area contributed by atoms with Crippen LogP contribution < -0.4 is 9.64 Å². The number of carbonyl (C=O) groups is 1. The highest BCUT2D eigenvalue weighted by atomic mass is 32.2. The third-order valence-electron chi connectivity index (χ3n) is 6.14. The highest BCUT2D eigenvalue weighted by molar-refractivity contribution is 7.89. The summed E-state index contributed by atoms with van der Waals surface area (Å²) in [7, 11) is -0.178. The fourth-order valence-electron chi connectivity index (χ4n) is 4.28. The predicted octanol–water partition coefficient (Wildman–Crippen LogP) is 2.17. The second kappa shape index (κ2) is 8.92. The number of piperazine rings is 1. The highest BCUT2D eigenvalue weighted by Gasteiger charge is 2.30. The molecule has 0 bridgehead atoms. The first-order valence-electron chi connectivity index (χ1n) is 10.7. The van der Waals surface area contributed by atoms with Crippen molar-refractivity contribution in [3.05, 3.63) is 42.2 Å². The molecule has 3 heterocycles. The first-order chi connectivity index (χ1) is 14.9. The summed E-state index contributed by atoms with van der Waals surface area (Å²) in [6.45, 7) is 3.68. The van der Waals surface area contributed by atoms with Crippen molar-refractivity contribution in [2.24, 2.45) is 7.05 Å². The quantitative estimate of drug-likeness (QED) is 0.704. The zero-order valence-corrected chi connectivity index (χ0v) is 19.0. The Balaban J connectivity index is 1.44. The van der Waals surface area contributed by atoms with E-state index in [4.69, 9.17) is 4.74 Å². The molecule has 9 heteroatoms. The number of aromatic nitrogens is 1. The Morgan fingerprint density at radius 3 is 2.35 bits per heavy atom. The van der Waals surface area contributed by atoms with Crippen LogP contribution in [-0.4, -0.2) is 74.5 Å². The van der Waals surface area contributed by atoms with Crippen LogP contribution in [0.3, 0.4) is 0 Å². The number of hydrogen-bond acceptors (Lipinski definition) is 5. The Hall–Kier alpha value is -2.52. The van der Waals surface area contributed by atoms with Crippen molar-refractivity contribution in [3.63, 3.8) is 0 Å². The molecule has 1 aromatic heterocycles. The topological polar surface area (TPSA) is 75.1 Å². The molecule has 1 aromatic carbocycles. The molecule has 0 radical (unpaired) electrons. The lowest BCUT2D eigenvalue weighted by Gasteiger charge is -2.36. The fourth-order valence-corrected chi connectivity index (χ4v) is 5.87. The number of ether oxygens (including phenoxy) is 1. The molecule has 0 aliphatic carbocycles. The molecule has 0 unspecified atom stereocenters. The lowest BCUT2D eigenvalue weighted by molar-refractivity contribution is 0.0737.